The quantitative estimate of drug-likeness (QED) is 0.786. The molecule has 1 aliphatic heterocycles. The number of hydroxylamine groups is 2. The predicted octanol–water partition coefficient (Wildman–Crippen LogP) is 1.72. The van der Waals surface area contributed by atoms with Crippen LogP contribution in [0.1, 0.15) is 37.7 Å². The molecule has 1 aromatic rings. The van der Waals surface area contributed by atoms with Gasteiger partial charge in [0.25, 0.3) is 11.8 Å². The van der Waals surface area contributed by atoms with E-state index in [4.69, 9.17) is 4.84 Å². The minimum Gasteiger partial charge on any atom is -0.329 e. The van der Waals surface area contributed by atoms with E-state index < -0.39 is 23.2 Å². The smallest absolute Gasteiger partial charge is 0.329 e. The first-order valence-electron chi connectivity index (χ1n) is 6.77. The predicted molar refractivity (Wildman–Crippen MR) is 69.2 cm³/mol. The molecule has 0 N–H and O–H groups in total. The SMILES string of the molecule is O=C1CCC(=O)N1OC(=O)C1(c2ccccc2)CCC1. The fourth-order valence-corrected chi connectivity index (χ4v) is 2.73. The molecule has 2 fully saturated rings. The number of nitrogens with zero attached hydrogens (tertiary/aromatic N) is 1. The van der Waals surface area contributed by atoms with Gasteiger partial charge in [-0.05, 0) is 18.4 Å². The van der Waals surface area contributed by atoms with Crippen LogP contribution in [-0.4, -0.2) is 22.8 Å². The lowest BCUT2D eigenvalue weighted by Crippen LogP contribution is -2.47. The van der Waals surface area contributed by atoms with E-state index in [1.807, 2.05) is 30.3 Å². The highest BCUT2D eigenvalue weighted by Gasteiger charge is 2.49. The standard InChI is InChI=1S/C15H15NO4/c17-12-7-8-13(18)16(12)20-14(19)15(9-4-10-15)11-5-2-1-3-6-11/h1-3,5-6H,4,7-10H2. The zero-order valence-electron chi connectivity index (χ0n) is 11.0. The molecule has 104 valence electrons. The van der Waals surface area contributed by atoms with Gasteiger partial charge in [-0.15, -0.1) is 5.06 Å². The van der Waals surface area contributed by atoms with Crippen LogP contribution in [0.15, 0.2) is 30.3 Å². The van der Waals surface area contributed by atoms with Gasteiger partial charge in [0.1, 0.15) is 0 Å². The molecule has 1 saturated heterocycles. The van der Waals surface area contributed by atoms with E-state index in [0.29, 0.717) is 17.9 Å². The van der Waals surface area contributed by atoms with Crippen molar-refractivity contribution in [1.82, 2.24) is 5.06 Å². The second-order valence-corrected chi connectivity index (χ2v) is 5.26. The third-order valence-electron chi connectivity index (χ3n) is 4.10. The van der Waals surface area contributed by atoms with Gasteiger partial charge in [-0.1, -0.05) is 36.8 Å². The molecule has 5 nitrogen and oxygen atoms in total. The Kier molecular flexibility index (Phi) is 3.04. The van der Waals surface area contributed by atoms with Gasteiger partial charge in [0, 0.05) is 12.8 Å². The molecule has 1 saturated carbocycles. The lowest BCUT2D eigenvalue weighted by molar-refractivity contribution is -0.204. The highest BCUT2D eigenvalue weighted by Crippen LogP contribution is 2.45. The molecule has 2 amide bonds. The van der Waals surface area contributed by atoms with Gasteiger partial charge in [0.2, 0.25) is 0 Å². The molecular formula is C15H15NO4. The Morgan fingerprint density at radius 2 is 1.65 bits per heavy atom. The average molecular weight is 273 g/mol. The first-order valence-corrected chi connectivity index (χ1v) is 6.77. The van der Waals surface area contributed by atoms with Crippen LogP contribution in [0.5, 0.6) is 0 Å². The summed E-state index contributed by atoms with van der Waals surface area (Å²) >= 11 is 0. The fourth-order valence-electron chi connectivity index (χ4n) is 2.73. The first-order chi connectivity index (χ1) is 9.63. The number of carbonyl (C=O) groups excluding carboxylic acids is 3. The summed E-state index contributed by atoms with van der Waals surface area (Å²) in [4.78, 5) is 40.6. The molecule has 2 aliphatic rings. The summed E-state index contributed by atoms with van der Waals surface area (Å²) in [5, 5.41) is 0.630. The number of benzene rings is 1. The highest BCUT2D eigenvalue weighted by molar-refractivity contribution is 6.02. The number of rotatable bonds is 3. The monoisotopic (exact) mass is 273 g/mol. The van der Waals surface area contributed by atoms with Crippen molar-refractivity contribution in [2.45, 2.75) is 37.5 Å². The third kappa shape index (κ3) is 1.90. The van der Waals surface area contributed by atoms with E-state index in [9.17, 15) is 14.4 Å². The third-order valence-corrected chi connectivity index (χ3v) is 4.10. The molecular weight excluding hydrogens is 258 g/mol. The summed E-state index contributed by atoms with van der Waals surface area (Å²) in [6.07, 6.45) is 2.54. The minimum absolute atomic E-state index is 0.116. The largest absolute Gasteiger partial charge is 0.343 e. The van der Waals surface area contributed by atoms with Crippen LogP contribution in [0.2, 0.25) is 0 Å². The van der Waals surface area contributed by atoms with Crippen LogP contribution in [0.4, 0.5) is 0 Å². The summed E-state index contributed by atoms with van der Waals surface area (Å²) in [5.41, 5.74) is 0.181. The normalized spacial score (nSPS) is 20.7. The Morgan fingerprint density at radius 3 is 2.15 bits per heavy atom. The summed E-state index contributed by atoms with van der Waals surface area (Å²) in [6, 6.07) is 9.39. The van der Waals surface area contributed by atoms with Gasteiger partial charge in [0.15, 0.2) is 0 Å². The van der Waals surface area contributed by atoms with Crippen molar-refractivity contribution in [2.75, 3.05) is 0 Å². The zero-order valence-corrected chi connectivity index (χ0v) is 11.0. The molecule has 20 heavy (non-hydrogen) atoms. The maximum atomic E-state index is 12.4. The first kappa shape index (κ1) is 12.8. The summed E-state index contributed by atoms with van der Waals surface area (Å²) < 4.78 is 0. The molecule has 0 atom stereocenters. The molecule has 0 bridgehead atoms. The van der Waals surface area contributed by atoms with E-state index in [1.54, 1.807) is 0 Å². The lowest BCUT2D eigenvalue weighted by atomic mass is 9.64. The minimum atomic E-state index is -0.704. The van der Waals surface area contributed by atoms with Gasteiger partial charge >= 0.3 is 5.97 Å². The number of hydrogen-bond acceptors (Lipinski definition) is 4. The van der Waals surface area contributed by atoms with E-state index in [1.165, 1.54) is 0 Å². The van der Waals surface area contributed by atoms with Crippen molar-refractivity contribution in [1.29, 1.82) is 0 Å². The zero-order chi connectivity index (χ0) is 14.2. The maximum absolute atomic E-state index is 12.4. The summed E-state index contributed by atoms with van der Waals surface area (Å²) in [7, 11) is 0. The van der Waals surface area contributed by atoms with Crippen molar-refractivity contribution in [3.8, 4) is 0 Å². The summed E-state index contributed by atoms with van der Waals surface area (Å²) in [5.74, 6) is -1.38. The highest BCUT2D eigenvalue weighted by atomic mass is 16.7. The number of hydrogen-bond donors (Lipinski definition) is 0. The van der Waals surface area contributed by atoms with Gasteiger partial charge in [-0.3, -0.25) is 9.59 Å². The van der Waals surface area contributed by atoms with Crippen molar-refractivity contribution in [3.05, 3.63) is 35.9 Å². The van der Waals surface area contributed by atoms with Crippen LogP contribution < -0.4 is 0 Å². The molecule has 1 aliphatic carbocycles. The molecule has 1 heterocycles. The van der Waals surface area contributed by atoms with Crippen LogP contribution in [0, 0.1) is 0 Å². The maximum Gasteiger partial charge on any atom is 0.343 e. The Labute approximate surface area is 116 Å². The van der Waals surface area contributed by atoms with Gasteiger partial charge in [0.05, 0.1) is 5.41 Å². The molecule has 0 aromatic heterocycles. The van der Waals surface area contributed by atoms with Gasteiger partial charge in [-0.2, -0.15) is 0 Å². The van der Waals surface area contributed by atoms with Crippen molar-refractivity contribution in [2.24, 2.45) is 0 Å². The van der Waals surface area contributed by atoms with Gasteiger partial charge in [-0.25, -0.2) is 4.79 Å². The van der Waals surface area contributed by atoms with E-state index >= 15 is 0 Å². The Balaban J connectivity index is 1.82. The van der Waals surface area contributed by atoms with Crippen LogP contribution in [-0.2, 0) is 24.6 Å². The molecule has 1 aromatic carbocycles. The van der Waals surface area contributed by atoms with Crippen LogP contribution >= 0.6 is 0 Å². The lowest BCUT2D eigenvalue weighted by Gasteiger charge is -2.39. The Morgan fingerprint density at radius 1 is 1.05 bits per heavy atom. The van der Waals surface area contributed by atoms with E-state index in [0.717, 1.165) is 12.0 Å². The van der Waals surface area contributed by atoms with Crippen LogP contribution in [0.3, 0.4) is 0 Å². The molecule has 3 rings (SSSR count). The second-order valence-electron chi connectivity index (χ2n) is 5.26. The Bertz CT molecular complexity index is 546. The van der Waals surface area contributed by atoms with Crippen molar-refractivity contribution >= 4 is 17.8 Å². The molecule has 0 unspecified atom stereocenters. The van der Waals surface area contributed by atoms with E-state index in [-0.39, 0.29) is 12.8 Å². The van der Waals surface area contributed by atoms with Crippen LogP contribution in [0.25, 0.3) is 0 Å². The second kappa shape index (κ2) is 4.74. The van der Waals surface area contributed by atoms with E-state index in [2.05, 4.69) is 0 Å². The molecule has 0 radical (unpaired) electrons. The average Bonchev–Trinajstić information content (AvgIpc) is 2.71. The van der Waals surface area contributed by atoms with Crippen molar-refractivity contribution < 1.29 is 19.2 Å². The summed E-state index contributed by atoms with van der Waals surface area (Å²) in [6.45, 7) is 0. The molecule has 5 heteroatoms. The topological polar surface area (TPSA) is 63.7 Å². The number of amides is 2. The van der Waals surface area contributed by atoms with Gasteiger partial charge < -0.3 is 4.84 Å². The number of carbonyl (C=O) groups is 3. The fraction of sp³-hybridized carbons (Fsp3) is 0.400. The number of imide groups is 1. The Hall–Kier alpha value is -2.17. The molecule has 0 spiro atoms. The van der Waals surface area contributed by atoms with Crippen molar-refractivity contribution in [3.63, 3.8) is 0 Å².